The number of nitrogens with zero attached hydrogens (tertiary/aromatic N) is 2. The molecule has 3 fully saturated rings. The lowest BCUT2D eigenvalue weighted by Gasteiger charge is -2.36. The Hall–Kier alpha value is -1.14. The standard InChI is InChI=1S/C18H31N3O3/c1-14-10-15(12-19)13-21(14)17(23)18(4-2-3-5-18)11-16(22)20-6-8-24-9-7-20/h14-15H,2-13,19H2,1H3. The molecule has 3 aliphatic rings. The molecule has 0 spiro atoms. The predicted molar refractivity (Wildman–Crippen MR) is 91.3 cm³/mol. The van der Waals surface area contributed by atoms with Gasteiger partial charge in [0.25, 0.3) is 0 Å². The van der Waals surface area contributed by atoms with Gasteiger partial charge in [0, 0.05) is 32.1 Å². The number of nitrogens with two attached hydrogens (primary N) is 1. The van der Waals surface area contributed by atoms with Gasteiger partial charge in [0.1, 0.15) is 0 Å². The number of hydrogen-bond donors (Lipinski definition) is 1. The average Bonchev–Trinajstić information content (AvgIpc) is 3.22. The van der Waals surface area contributed by atoms with E-state index in [2.05, 4.69) is 6.92 Å². The fraction of sp³-hybridized carbons (Fsp3) is 0.889. The Kier molecular flexibility index (Phi) is 5.45. The van der Waals surface area contributed by atoms with E-state index in [1.54, 1.807) is 0 Å². The lowest BCUT2D eigenvalue weighted by molar-refractivity contribution is -0.150. The van der Waals surface area contributed by atoms with Crippen LogP contribution in [0.4, 0.5) is 0 Å². The maximum atomic E-state index is 13.3. The highest BCUT2D eigenvalue weighted by Gasteiger charge is 2.48. The summed E-state index contributed by atoms with van der Waals surface area (Å²) in [5.74, 6) is 0.721. The summed E-state index contributed by atoms with van der Waals surface area (Å²) in [6.45, 7) is 6.01. The molecule has 6 nitrogen and oxygen atoms in total. The summed E-state index contributed by atoms with van der Waals surface area (Å²) in [4.78, 5) is 30.0. The Morgan fingerprint density at radius 2 is 1.88 bits per heavy atom. The van der Waals surface area contributed by atoms with Crippen LogP contribution in [0.3, 0.4) is 0 Å². The third-order valence-electron chi connectivity index (χ3n) is 6.12. The summed E-state index contributed by atoms with van der Waals surface area (Å²) in [5, 5.41) is 0. The third kappa shape index (κ3) is 3.45. The number of carbonyl (C=O) groups excluding carboxylic acids is 2. The van der Waals surface area contributed by atoms with Crippen molar-refractivity contribution in [2.45, 2.75) is 51.5 Å². The number of hydrogen-bond acceptors (Lipinski definition) is 4. The first kappa shape index (κ1) is 17.7. The van der Waals surface area contributed by atoms with Gasteiger partial charge in [-0.25, -0.2) is 0 Å². The second-order valence-corrected chi connectivity index (χ2v) is 7.80. The number of rotatable bonds is 4. The van der Waals surface area contributed by atoms with Gasteiger partial charge in [0.2, 0.25) is 11.8 Å². The zero-order valence-electron chi connectivity index (χ0n) is 14.8. The number of likely N-dealkylation sites (tertiary alicyclic amines) is 1. The summed E-state index contributed by atoms with van der Waals surface area (Å²) in [5.41, 5.74) is 5.33. The first-order valence-corrected chi connectivity index (χ1v) is 9.42. The molecule has 0 bridgehead atoms. The minimum atomic E-state index is -0.479. The fourth-order valence-corrected chi connectivity index (χ4v) is 4.63. The normalized spacial score (nSPS) is 29.9. The second-order valence-electron chi connectivity index (χ2n) is 7.80. The number of morpholine rings is 1. The maximum absolute atomic E-state index is 13.3. The molecule has 2 aliphatic heterocycles. The highest BCUT2D eigenvalue weighted by molar-refractivity contribution is 5.89. The summed E-state index contributed by atoms with van der Waals surface area (Å²) in [6, 6.07) is 0.238. The Labute approximate surface area is 144 Å². The van der Waals surface area contributed by atoms with Gasteiger partial charge in [-0.05, 0) is 38.6 Å². The molecule has 3 rings (SSSR count). The van der Waals surface area contributed by atoms with Crippen LogP contribution in [0.25, 0.3) is 0 Å². The van der Waals surface area contributed by atoms with Gasteiger partial charge < -0.3 is 20.3 Å². The summed E-state index contributed by atoms with van der Waals surface area (Å²) < 4.78 is 5.33. The molecule has 0 aromatic carbocycles. The zero-order chi connectivity index (χ0) is 17.2. The van der Waals surface area contributed by atoms with Crippen LogP contribution in [0.1, 0.15) is 45.4 Å². The van der Waals surface area contributed by atoms with Crippen LogP contribution >= 0.6 is 0 Å². The van der Waals surface area contributed by atoms with Crippen molar-refractivity contribution in [3.63, 3.8) is 0 Å². The van der Waals surface area contributed by atoms with Crippen molar-refractivity contribution < 1.29 is 14.3 Å². The number of carbonyl (C=O) groups is 2. The SMILES string of the molecule is CC1CC(CN)CN1C(=O)C1(CC(=O)N2CCOCC2)CCCC1. The van der Waals surface area contributed by atoms with E-state index < -0.39 is 5.41 Å². The van der Waals surface area contributed by atoms with Crippen molar-refractivity contribution in [2.24, 2.45) is 17.1 Å². The number of ether oxygens (including phenoxy) is 1. The minimum absolute atomic E-state index is 0.121. The molecule has 6 heteroatoms. The molecule has 1 saturated carbocycles. The van der Waals surface area contributed by atoms with E-state index in [1.807, 2.05) is 9.80 Å². The van der Waals surface area contributed by atoms with E-state index in [-0.39, 0.29) is 17.9 Å². The molecule has 2 N–H and O–H groups in total. The predicted octanol–water partition coefficient (Wildman–Crippen LogP) is 0.991. The van der Waals surface area contributed by atoms with Gasteiger partial charge in [-0.3, -0.25) is 9.59 Å². The van der Waals surface area contributed by atoms with E-state index in [9.17, 15) is 9.59 Å². The van der Waals surface area contributed by atoms with Crippen LogP contribution in [0.2, 0.25) is 0 Å². The molecule has 2 unspecified atom stereocenters. The van der Waals surface area contributed by atoms with Crippen LogP contribution in [0.15, 0.2) is 0 Å². The second kappa shape index (κ2) is 7.40. The zero-order valence-corrected chi connectivity index (χ0v) is 14.8. The van der Waals surface area contributed by atoms with Crippen molar-refractivity contribution in [2.75, 3.05) is 39.4 Å². The number of amides is 2. The van der Waals surface area contributed by atoms with Crippen molar-refractivity contribution >= 4 is 11.8 Å². The smallest absolute Gasteiger partial charge is 0.229 e. The molecule has 0 aromatic rings. The van der Waals surface area contributed by atoms with Crippen molar-refractivity contribution in [3.05, 3.63) is 0 Å². The molecule has 0 radical (unpaired) electrons. The quantitative estimate of drug-likeness (QED) is 0.830. The molecule has 0 aromatic heterocycles. The molecule has 136 valence electrons. The molecular formula is C18H31N3O3. The topological polar surface area (TPSA) is 75.9 Å². The van der Waals surface area contributed by atoms with Crippen LogP contribution < -0.4 is 5.73 Å². The lowest BCUT2D eigenvalue weighted by atomic mass is 9.80. The lowest BCUT2D eigenvalue weighted by Crippen LogP contribution is -2.48. The molecule has 2 heterocycles. The van der Waals surface area contributed by atoms with E-state index >= 15 is 0 Å². The molecular weight excluding hydrogens is 306 g/mol. The monoisotopic (exact) mass is 337 g/mol. The summed E-state index contributed by atoms with van der Waals surface area (Å²) in [7, 11) is 0. The molecule has 1 aliphatic carbocycles. The molecule has 2 atom stereocenters. The first-order valence-electron chi connectivity index (χ1n) is 9.42. The highest BCUT2D eigenvalue weighted by Crippen LogP contribution is 2.44. The van der Waals surface area contributed by atoms with Gasteiger partial charge in [-0.1, -0.05) is 12.8 Å². The van der Waals surface area contributed by atoms with Crippen molar-refractivity contribution in [1.29, 1.82) is 0 Å². The van der Waals surface area contributed by atoms with Crippen LogP contribution in [-0.2, 0) is 14.3 Å². The Morgan fingerprint density at radius 1 is 1.21 bits per heavy atom. The van der Waals surface area contributed by atoms with Gasteiger partial charge in [0.15, 0.2) is 0 Å². The minimum Gasteiger partial charge on any atom is -0.378 e. The van der Waals surface area contributed by atoms with Crippen LogP contribution in [-0.4, -0.2) is 67.0 Å². The van der Waals surface area contributed by atoms with E-state index in [1.165, 1.54) is 0 Å². The van der Waals surface area contributed by atoms with Gasteiger partial charge in [-0.15, -0.1) is 0 Å². The van der Waals surface area contributed by atoms with Crippen molar-refractivity contribution in [3.8, 4) is 0 Å². The molecule has 2 amide bonds. The maximum Gasteiger partial charge on any atom is 0.229 e. The van der Waals surface area contributed by atoms with E-state index in [4.69, 9.17) is 10.5 Å². The average molecular weight is 337 g/mol. The molecule has 2 saturated heterocycles. The Bertz CT molecular complexity index is 470. The van der Waals surface area contributed by atoms with Crippen molar-refractivity contribution in [1.82, 2.24) is 9.80 Å². The largest absolute Gasteiger partial charge is 0.378 e. The van der Waals surface area contributed by atoms with Gasteiger partial charge in [-0.2, -0.15) is 0 Å². The summed E-state index contributed by atoms with van der Waals surface area (Å²) >= 11 is 0. The van der Waals surface area contributed by atoms with Gasteiger partial charge >= 0.3 is 0 Å². The van der Waals surface area contributed by atoms with E-state index in [0.29, 0.717) is 45.2 Å². The van der Waals surface area contributed by atoms with Gasteiger partial charge in [0.05, 0.1) is 18.6 Å². The Balaban J connectivity index is 1.70. The third-order valence-corrected chi connectivity index (χ3v) is 6.12. The molecule has 24 heavy (non-hydrogen) atoms. The van der Waals surface area contributed by atoms with Crippen LogP contribution in [0.5, 0.6) is 0 Å². The Morgan fingerprint density at radius 3 is 2.46 bits per heavy atom. The van der Waals surface area contributed by atoms with E-state index in [0.717, 1.165) is 38.6 Å². The fourth-order valence-electron chi connectivity index (χ4n) is 4.63. The van der Waals surface area contributed by atoms with Crippen LogP contribution in [0, 0.1) is 11.3 Å². The summed E-state index contributed by atoms with van der Waals surface area (Å²) in [6.07, 6.45) is 5.13. The first-order chi connectivity index (χ1) is 11.6. The highest BCUT2D eigenvalue weighted by atomic mass is 16.5.